The zero-order valence-electron chi connectivity index (χ0n) is 25.0. The predicted octanol–water partition coefficient (Wildman–Crippen LogP) is 4.83. The van der Waals surface area contributed by atoms with Gasteiger partial charge < -0.3 is 20.4 Å². The molecule has 2 N–H and O–H groups in total. The van der Waals surface area contributed by atoms with E-state index in [1.54, 1.807) is 40.3 Å². The Bertz CT molecular complexity index is 1820. The van der Waals surface area contributed by atoms with E-state index in [1.165, 1.54) is 6.92 Å². The van der Waals surface area contributed by atoms with Gasteiger partial charge >= 0.3 is 0 Å². The highest BCUT2D eigenvalue weighted by Crippen LogP contribution is 2.26. The number of aromatic nitrogens is 1. The van der Waals surface area contributed by atoms with Gasteiger partial charge in [-0.05, 0) is 78.9 Å². The van der Waals surface area contributed by atoms with E-state index in [0.29, 0.717) is 48.6 Å². The van der Waals surface area contributed by atoms with Crippen LogP contribution >= 0.6 is 0 Å². The molecule has 2 aliphatic heterocycles. The van der Waals surface area contributed by atoms with Crippen LogP contribution in [-0.4, -0.2) is 63.6 Å². The summed E-state index contributed by atoms with van der Waals surface area (Å²) in [5, 5.41) is 7.61. The second-order valence-electron chi connectivity index (χ2n) is 11.3. The van der Waals surface area contributed by atoms with Crippen LogP contribution in [0.25, 0.3) is 10.8 Å². The number of nitrogens with zero attached hydrogens (tertiary/aromatic N) is 3. The van der Waals surface area contributed by atoms with Gasteiger partial charge in [-0.25, -0.2) is 4.98 Å². The summed E-state index contributed by atoms with van der Waals surface area (Å²) in [5.41, 5.74) is 2.67. The number of nitrogens with one attached hydrogen (secondary N) is 2. The molecular weight excluding hydrogens is 566 g/mol. The zero-order valence-corrected chi connectivity index (χ0v) is 25.0. The van der Waals surface area contributed by atoms with Crippen molar-refractivity contribution in [2.45, 2.75) is 44.7 Å². The molecule has 2 saturated heterocycles. The van der Waals surface area contributed by atoms with Crippen molar-refractivity contribution >= 4 is 45.9 Å². The van der Waals surface area contributed by atoms with Gasteiger partial charge in [0.05, 0.1) is 0 Å². The summed E-state index contributed by atoms with van der Waals surface area (Å²) in [7, 11) is 0. The minimum atomic E-state index is -0.572. The molecule has 226 valence electrons. The van der Waals surface area contributed by atoms with Crippen LogP contribution in [0.1, 0.15) is 54.1 Å². The number of fused-ring (bicyclic) bond motifs is 1. The highest BCUT2D eigenvalue weighted by atomic mass is 16.2. The molecule has 9 nitrogen and oxygen atoms in total. The van der Waals surface area contributed by atoms with Gasteiger partial charge in [-0.3, -0.25) is 19.2 Å². The number of hydrogen-bond donors (Lipinski definition) is 2. The Morgan fingerprint density at radius 3 is 2.11 bits per heavy atom. The van der Waals surface area contributed by atoms with E-state index < -0.39 is 12.1 Å². The quantitative estimate of drug-likeness (QED) is 0.320. The van der Waals surface area contributed by atoms with Crippen LogP contribution in [0.4, 0.5) is 11.5 Å². The average Bonchev–Trinajstić information content (AvgIpc) is 3.76. The van der Waals surface area contributed by atoms with Crippen molar-refractivity contribution in [2.24, 2.45) is 0 Å². The summed E-state index contributed by atoms with van der Waals surface area (Å²) in [6.07, 6.45) is 4.42. The van der Waals surface area contributed by atoms with Gasteiger partial charge in [-0.15, -0.1) is 0 Å². The maximum atomic E-state index is 13.5. The Labute approximate surface area is 261 Å². The number of pyridine rings is 1. The lowest BCUT2D eigenvalue weighted by Crippen LogP contribution is -2.43. The summed E-state index contributed by atoms with van der Waals surface area (Å²) in [4.78, 5) is 58.8. The van der Waals surface area contributed by atoms with Gasteiger partial charge in [0.1, 0.15) is 17.9 Å². The Hall–Kier alpha value is -5.49. The molecule has 9 heteroatoms. The lowest BCUT2D eigenvalue weighted by molar-refractivity contribution is -0.134. The number of amides is 4. The van der Waals surface area contributed by atoms with E-state index in [0.717, 1.165) is 29.2 Å². The first-order chi connectivity index (χ1) is 21.9. The fraction of sp³-hybridized carbons (Fsp3) is 0.250. The first kappa shape index (κ1) is 29.6. The number of anilines is 2. The fourth-order valence-electron chi connectivity index (χ4n) is 6.02. The fourth-order valence-corrected chi connectivity index (χ4v) is 6.02. The minimum absolute atomic E-state index is 0.0899. The van der Waals surface area contributed by atoms with Crippen LogP contribution in [0.2, 0.25) is 0 Å². The van der Waals surface area contributed by atoms with Crippen LogP contribution < -0.4 is 10.6 Å². The second kappa shape index (κ2) is 13.0. The number of benzene rings is 3. The third-order valence-corrected chi connectivity index (χ3v) is 8.31. The summed E-state index contributed by atoms with van der Waals surface area (Å²) < 4.78 is 0. The maximum absolute atomic E-state index is 13.5. The standard InChI is InChI=1S/C36H33N5O4/c1-24(42)40-21-5-11-31(40)34(43)38-28-18-15-25(16-19-28)13-14-26-17-20-33(37-23-26)39-35(44)32-12-6-22-41(32)36(45)30-10-4-8-27-7-2-3-9-29(27)30/h2-4,7-10,15-20,23,31-32H,5-6,11-12,21-22H2,1H3,(H,38,43)(H,37,39,44)/t31-,32-/m0/s1. The largest absolute Gasteiger partial charge is 0.331 e. The van der Waals surface area contributed by atoms with Gasteiger partial charge in [0.15, 0.2) is 0 Å². The monoisotopic (exact) mass is 599 g/mol. The minimum Gasteiger partial charge on any atom is -0.331 e. The molecule has 45 heavy (non-hydrogen) atoms. The number of hydrogen-bond acceptors (Lipinski definition) is 5. The smallest absolute Gasteiger partial charge is 0.255 e. The molecule has 0 unspecified atom stereocenters. The van der Waals surface area contributed by atoms with Gasteiger partial charge in [-0.2, -0.15) is 0 Å². The molecule has 0 saturated carbocycles. The van der Waals surface area contributed by atoms with Crippen molar-refractivity contribution in [2.75, 3.05) is 23.7 Å². The van der Waals surface area contributed by atoms with E-state index in [1.807, 2.05) is 54.6 Å². The van der Waals surface area contributed by atoms with E-state index in [4.69, 9.17) is 0 Å². The molecule has 0 radical (unpaired) electrons. The topological polar surface area (TPSA) is 112 Å². The van der Waals surface area contributed by atoms with Crippen LogP contribution in [-0.2, 0) is 14.4 Å². The maximum Gasteiger partial charge on any atom is 0.255 e. The molecule has 6 rings (SSSR count). The Morgan fingerprint density at radius 1 is 0.733 bits per heavy atom. The third kappa shape index (κ3) is 6.55. The molecule has 2 aliphatic rings. The van der Waals surface area contributed by atoms with Gasteiger partial charge in [0, 0.05) is 48.6 Å². The Morgan fingerprint density at radius 2 is 1.38 bits per heavy atom. The van der Waals surface area contributed by atoms with E-state index in [-0.39, 0.29) is 23.6 Å². The van der Waals surface area contributed by atoms with E-state index in [9.17, 15) is 19.2 Å². The average molecular weight is 600 g/mol. The molecular formula is C36H33N5O4. The van der Waals surface area contributed by atoms with Crippen LogP contribution in [0, 0.1) is 11.8 Å². The molecule has 4 amide bonds. The molecule has 3 aromatic carbocycles. The number of carbonyl (C=O) groups excluding carboxylic acids is 4. The summed E-state index contributed by atoms with van der Waals surface area (Å²) in [5.74, 6) is 5.86. The predicted molar refractivity (Wildman–Crippen MR) is 172 cm³/mol. The van der Waals surface area contributed by atoms with Crippen LogP contribution in [0.3, 0.4) is 0 Å². The number of rotatable bonds is 5. The van der Waals surface area contributed by atoms with Crippen molar-refractivity contribution < 1.29 is 19.2 Å². The SMILES string of the molecule is CC(=O)N1CCC[C@H]1C(=O)Nc1ccc(C#Cc2ccc(NC(=O)[C@@H]3CCCN3C(=O)c3cccc4ccccc34)nc2)cc1. The first-order valence-electron chi connectivity index (χ1n) is 15.1. The third-order valence-electron chi connectivity index (χ3n) is 8.31. The first-order valence-corrected chi connectivity index (χ1v) is 15.1. The Kier molecular flexibility index (Phi) is 8.56. The van der Waals surface area contributed by atoms with Gasteiger partial charge in [0.25, 0.3) is 5.91 Å². The molecule has 2 atom stereocenters. The van der Waals surface area contributed by atoms with E-state index >= 15 is 0 Å². The second-order valence-corrected chi connectivity index (χ2v) is 11.3. The molecule has 4 aromatic rings. The van der Waals surface area contributed by atoms with E-state index in [2.05, 4.69) is 27.5 Å². The van der Waals surface area contributed by atoms with Crippen molar-refractivity contribution in [1.82, 2.24) is 14.8 Å². The van der Waals surface area contributed by atoms with Crippen molar-refractivity contribution in [3.05, 3.63) is 102 Å². The van der Waals surface area contributed by atoms with Gasteiger partial charge in [-0.1, -0.05) is 48.2 Å². The highest BCUT2D eigenvalue weighted by molar-refractivity contribution is 6.09. The summed E-state index contributed by atoms with van der Waals surface area (Å²) in [6, 6.07) is 23.1. The number of likely N-dealkylation sites (tertiary alicyclic amines) is 2. The van der Waals surface area contributed by atoms with Crippen molar-refractivity contribution in [1.29, 1.82) is 0 Å². The molecule has 0 bridgehead atoms. The summed E-state index contributed by atoms with van der Waals surface area (Å²) in [6.45, 7) is 2.62. The lowest BCUT2D eigenvalue weighted by Gasteiger charge is -2.24. The van der Waals surface area contributed by atoms with Crippen molar-refractivity contribution in [3.63, 3.8) is 0 Å². The molecule has 0 aliphatic carbocycles. The molecule has 1 aromatic heterocycles. The van der Waals surface area contributed by atoms with Crippen LogP contribution in [0.15, 0.2) is 85.1 Å². The normalized spacial score (nSPS) is 17.4. The van der Waals surface area contributed by atoms with Gasteiger partial charge in [0.2, 0.25) is 17.7 Å². The zero-order chi connectivity index (χ0) is 31.3. The lowest BCUT2D eigenvalue weighted by atomic mass is 10.0. The van der Waals surface area contributed by atoms with Crippen molar-refractivity contribution in [3.8, 4) is 11.8 Å². The van der Waals surface area contributed by atoms with Crippen LogP contribution in [0.5, 0.6) is 0 Å². The highest BCUT2D eigenvalue weighted by Gasteiger charge is 2.35. The summed E-state index contributed by atoms with van der Waals surface area (Å²) >= 11 is 0. The molecule has 3 heterocycles. The molecule has 0 spiro atoms. The number of carbonyl (C=O) groups is 4. The molecule has 2 fully saturated rings. The Balaban J connectivity index is 1.05.